The van der Waals surface area contributed by atoms with E-state index >= 15 is 0 Å². The molecule has 130 valence electrons. The SMILES string of the molecule is CCN1CCN(CCNS(=O)(=O)c2cc(C(=O)O)n(C)c2)CC1. The van der Waals surface area contributed by atoms with E-state index in [0.717, 1.165) is 32.7 Å². The Bertz CT molecular complexity index is 648. The molecule has 0 bridgehead atoms. The van der Waals surface area contributed by atoms with Gasteiger partial charge in [0, 0.05) is 52.5 Å². The molecule has 9 heteroatoms. The van der Waals surface area contributed by atoms with Crippen LogP contribution in [0.2, 0.25) is 0 Å². The van der Waals surface area contributed by atoms with Crippen molar-refractivity contribution in [2.75, 3.05) is 45.8 Å². The molecule has 1 aromatic rings. The number of hydrogen-bond donors (Lipinski definition) is 2. The number of carboxylic acids is 1. The summed E-state index contributed by atoms with van der Waals surface area (Å²) >= 11 is 0. The predicted molar refractivity (Wildman–Crippen MR) is 86.1 cm³/mol. The van der Waals surface area contributed by atoms with E-state index in [-0.39, 0.29) is 10.6 Å². The number of likely N-dealkylation sites (N-methyl/N-ethyl adjacent to an activating group) is 1. The molecular weight excluding hydrogens is 320 g/mol. The highest BCUT2D eigenvalue weighted by Crippen LogP contribution is 2.13. The Labute approximate surface area is 136 Å². The van der Waals surface area contributed by atoms with Gasteiger partial charge in [0.2, 0.25) is 10.0 Å². The maximum Gasteiger partial charge on any atom is 0.352 e. The number of carboxylic acid groups (broad SMARTS) is 1. The lowest BCUT2D eigenvalue weighted by atomic mass is 10.3. The lowest BCUT2D eigenvalue weighted by Crippen LogP contribution is -2.48. The van der Waals surface area contributed by atoms with Crippen LogP contribution in [-0.4, -0.2) is 79.7 Å². The van der Waals surface area contributed by atoms with Crippen LogP contribution in [0.5, 0.6) is 0 Å². The lowest BCUT2D eigenvalue weighted by molar-refractivity contribution is 0.0686. The molecule has 0 amide bonds. The van der Waals surface area contributed by atoms with Crippen LogP contribution < -0.4 is 4.72 Å². The number of nitrogens with zero attached hydrogens (tertiary/aromatic N) is 3. The second-order valence-corrected chi connectivity index (χ2v) is 7.42. The number of aromatic carboxylic acids is 1. The molecule has 23 heavy (non-hydrogen) atoms. The molecule has 1 fully saturated rings. The van der Waals surface area contributed by atoms with Crippen LogP contribution >= 0.6 is 0 Å². The Morgan fingerprint density at radius 3 is 2.39 bits per heavy atom. The number of piperazine rings is 1. The minimum atomic E-state index is -3.68. The summed E-state index contributed by atoms with van der Waals surface area (Å²) in [5, 5.41) is 8.99. The Morgan fingerprint density at radius 2 is 1.87 bits per heavy atom. The highest BCUT2D eigenvalue weighted by Gasteiger charge is 2.21. The first kappa shape index (κ1) is 17.9. The molecule has 0 radical (unpaired) electrons. The molecule has 0 aromatic carbocycles. The molecule has 0 spiro atoms. The first-order valence-electron chi connectivity index (χ1n) is 7.67. The first-order valence-corrected chi connectivity index (χ1v) is 9.16. The molecule has 0 saturated carbocycles. The number of rotatable bonds is 7. The average molecular weight is 344 g/mol. The van der Waals surface area contributed by atoms with E-state index in [0.29, 0.717) is 13.1 Å². The quantitative estimate of drug-likeness (QED) is 0.701. The van der Waals surface area contributed by atoms with Crippen LogP contribution in [0.1, 0.15) is 17.4 Å². The maximum atomic E-state index is 12.2. The summed E-state index contributed by atoms with van der Waals surface area (Å²) in [5.41, 5.74) is -0.0546. The van der Waals surface area contributed by atoms with Crippen molar-refractivity contribution in [3.05, 3.63) is 18.0 Å². The monoisotopic (exact) mass is 344 g/mol. The number of carbonyl (C=O) groups is 1. The largest absolute Gasteiger partial charge is 0.477 e. The van der Waals surface area contributed by atoms with Gasteiger partial charge in [-0.2, -0.15) is 0 Å². The van der Waals surface area contributed by atoms with Crippen molar-refractivity contribution in [3.8, 4) is 0 Å². The van der Waals surface area contributed by atoms with E-state index in [2.05, 4.69) is 21.4 Å². The highest BCUT2D eigenvalue weighted by atomic mass is 32.2. The second kappa shape index (κ2) is 7.43. The first-order chi connectivity index (χ1) is 10.8. The van der Waals surface area contributed by atoms with Gasteiger partial charge < -0.3 is 14.6 Å². The Morgan fingerprint density at radius 1 is 1.26 bits per heavy atom. The molecule has 8 nitrogen and oxygen atoms in total. The van der Waals surface area contributed by atoms with Crippen LogP contribution in [0.25, 0.3) is 0 Å². The standard InChI is InChI=1S/C14H24N4O4S/c1-3-17-6-8-18(9-7-17)5-4-15-23(21,22)12-10-13(14(19)20)16(2)11-12/h10-11,15H,3-9H2,1-2H3,(H,19,20). The summed E-state index contributed by atoms with van der Waals surface area (Å²) in [6, 6.07) is 1.17. The fraction of sp³-hybridized carbons (Fsp3) is 0.643. The van der Waals surface area contributed by atoms with E-state index in [1.165, 1.54) is 23.9 Å². The lowest BCUT2D eigenvalue weighted by Gasteiger charge is -2.33. The third-order valence-electron chi connectivity index (χ3n) is 4.14. The third kappa shape index (κ3) is 4.54. The van der Waals surface area contributed by atoms with Crippen molar-refractivity contribution in [2.45, 2.75) is 11.8 Å². The van der Waals surface area contributed by atoms with Crippen molar-refractivity contribution in [3.63, 3.8) is 0 Å². The molecule has 1 aliphatic heterocycles. The van der Waals surface area contributed by atoms with Gasteiger partial charge in [-0.1, -0.05) is 6.92 Å². The zero-order valence-corrected chi connectivity index (χ0v) is 14.3. The van der Waals surface area contributed by atoms with E-state index in [1.807, 2.05) is 0 Å². The Balaban J connectivity index is 1.87. The predicted octanol–water partition coefficient (Wildman–Crippen LogP) is -0.361. The average Bonchev–Trinajstić information content (AvgIpc) is 2.91. The third-order valence-corrected chi connectivity index (χ3v) is 5.57. The van der Waals surface area contributed by atoms with Crippen LogP contribution in [0.15, 0.2) is 17.2 Å². The Kier molecular flexibility index (Phi) is 5.79. The zero-order chi connectivity index (χ0) is 17.0. The summed E-state index contributed by atoms with van der Waals surface area (Å²) in [6.45, 7) is 8.01. The second-order valence-electron chi connectivity index (χ2n) is 5.65. The molecule has 0 atom stereocenters. The van der Waals surface area contributed by atoms with E-state index in [9.17, 15) is 13.2 Å². The van der Waals surface area contributed by atoms with Crippen LogP contribution in [-0.2, 0) is 17.1 Å². The summed E-state index contributed by atoms with van der Waals surface area (Å²) in [7, 11) is -2.17. The van der Waals surface area contributed by atoms with Gasteiger partial charge in [-0.25, -0.2) is 17.9 Å². The van der Waals surface area contributed by atoms with Gasteiger partial charge in [0.05, 0.1) is 0 Å². The highest BCUT2D eigenvalue weighted by molar-refractivity contribution is 7.89. The minimum absolute atomic E-state index is 0.0202. The fourth-order valence-electron chi connectivity index (χ4n) is 2.64. The summed E-state index contributed by atoms with van der Waals surface area (Å²) < 4.78 is 28.3. The van der Waals surface area contributed by atoms with E-state index in [4.69, 9.17) is 5.11 Å². The number of hydrogen-bond acceptors (Lipinski definition) is 5. The van der Waals surface area contributed by atoms with Crippen molar-refractivity contribution in [1.82, 2.24) is 19.1 Å². The molecule has 0 aliphatic carbocycles. The van der Waals surface area contributed by atoms with Crippen molar-refractivity contribution < 1.29 is 18.3 Å². The smallest absolute Gasteiger partial charge is 0.352 e. The van der Waals surface area contributed by atoms with Crippen molar-refractivity contribution in [1.29, 1.82) is 0 Å². The molecular formula is C14H24N4O4S. The summed E-state index contributed by atoms with van der Waals surface area (Å²) in [4.78, 5) is 15.6. The van der Waals surface area contributed by atoms with E-state index < -0.39 is 16.0 Å². The Hall–Kier alpha value is -1.42. The molecule has 2 rings (SSSR count). The normalized spacial score (nSPS) is 17.5. The van der Waals surface area contributed by atoms with Gasteiger partial charge in [-0.3, -0.25) is 4.90 Å². The zero-order valence-electron chi connectivity index (χ0n) is 13.5. The van der Waals surface area contributed by atoms with Crippen LogP contribution in [0.4, 0.5) is 0 Å². The summed E-state index contributed by atoms with van der Waals surface area (Å²) in [6.07, 6.45) is 1.31. The van der Waals surface area contributed by atoms with Gasteiger partial charge in [0.1, 0.15) is 10.6 Å². The van der Waals surface area contributed by atoms with Gasteiger partial charge in [0.25, 0.3) is 0 Å². The van der Waals surface area contributed by atoms with Crippen LogP contribution in [0, 0.1) is 0 Å². The number of nitrogens with one attached hydrogen (secondary N) is 1. The number of sulfonamides is 1. The minimum Gasteiger partial charge on any atom is -0.477 e. The molecule has 1 saturated heterocycles. The van der Waals surface area contributed by atoms with Gasteiger partial charge in [0.15, 0.2) is 0 Å². The molecule has 1 aliphatic rings. The number of aromatic nitrogens is 1. The van der Waals surface area contributed by atoms with Crippen LogP contribution in [0.3, 0.4) is 0 Å². The molecule has 1 aromatic heterocycles. The topological polar surface area (TPSA) is 94.9 Å². The molecule has 0 unspecified atom stereocenters. The van der Waals surface area contributed by atoms with Crippen molar-refractivity contribution in [2.24, 2.45) is 7.05 Å². The van der Waals surface area contributed by atoms with Gasteiger partial charge in [-0.15, -0.1) is 0 Å². The van der Waals surface area contributed by atoms with Crippen molar-refractivity contribution >= 4 is 16.0 Å². The summed E-state index contributed by atoms with van der Waals surface area (Å²) in [5.74, 6) is -1.15. The molecule has 2 N–H and O–H groups in total. The van der Waals surface area contributed by atoms with Gasteiger partial charge in [-0.05, 0) is 12.6 Å². The maximum absolute atomic E-state index is 12.2. The van der Waals surface area contributed by atoms with E-state index in [1.54, 1.807) is 0 Å². The molecule has 2 heterocycles. The van der Waals surface area contributed by atoms with Gasteiger partial charge >= 0.3 is 5.97 Å². The fourth-order valence-corrected chi connectivity index (χ4v) is 3.73. The number of aryl methyl sites for hydroxylation is 1.